The summed E-state index contributed by atoms with van der Waals surface area (Å²) in [5.74, 6) is 1.20. The minimum absolute atomic E-state index is 0.0330. The summed E-state index contributed by atoms with van der Waals surface area (Å²) in [7, 11) is 4.92. The van der Waals surface area contributed by atoms with Crippen LogP contribution in [0.3, 0.4) is 0 Å². The Hall–Kier alpha value is -2.87. The number of methoxy groups -OCH3 is 2. The lowest BCUT2D eigenvalue weighted by Gasteiger charge is -2.20. The number of hydrogen-bond acceptors (Lipinski definition) is 6. The molecule has 31 heavy (non-hydrogen) atoms. The third kappa shape index (κ3) is 4.17. The minimum atomic E-state index is -0.0517. The fourth-order valence-electron chi connectivity index (χ4n) is 4.17. The first-order valence-electron chi connectivity index (χ1n) is 10.5. The summed E-state index contributed by atoms with van der Waals surface area (Å²) >= 11 is 1.64. The maximum Gasteiger partial charge on any atom is 0.262 e. The SMILES string of the molecule is COc1cccc(CN(C)C(=O)CCn2cnc3sc4c(c3c2=O)CCCC4)c1OC. The van der Waals surface area contributed by atoms with Crippen molar-refractivity contribution in [2.24, 2.45) is 0 Å². The molecule has 0 aliphatic heterocycles. The molecule has 7 nitrogen and oxygen atoms in total. The van der Waals surface area contributed by atoms with Gasteiger partial charge in [-0.1, -0.05) is 12.1 Å². The number of rotatable bonds is 7. The summed E-state index contributed by atoms with van der Waals surface area (Å²) in [6.45, 7) is 0.703. The number of para-hydroxylation sites is 1. The van der Waals surface area contributed by atoms with E-state index in [2.05, 4.69) is 4.98 Å². The molecule has 2 aromatic heterocycles. The van der Waals surface area contributed by atoms with Crippen LogP contribution in [-0.4, -0.2) is 41.6 Å². The Bertz CT molecular complexity index is 1170. The topological polar surface area (TPSA) is 73.7 Å². The minimum Gasteiger partial charge on any atom is -0.493 e. The molecule has 164 valence electrons. The average molecular weight is 442 g/mol. The van der Waals surface area contributed by atoms with Crippen LogP contribution in [0, 0.1) is 0 Å². The number of aromatic nitrogens is 2. The zero-order valence-corrected chi connectivity index (χ0v) is 19.0. The molecule has 4 rings (SSSR count). The van der Waals surface area contributed by atoms with Crippen LogP contribution >= 0.6 is 11.3 Å². The van der Waals surface area contributed by atoms with Gasteiger partial charge in [0.05, 0.1) is 25.9 Å². The standard InChI is InChI=1S/C23H27N3O4S/c1-25(13-15-7-6-9-17(29-2)21(15)30-3)19(27)11-12-26-14-24-22-20(23(26)28)16-8-4-5-10-18(16)31-22/h6-7,9,14H,4-5,8,10-13H2,1-3H3. The molecule has 0 bridgehead atoms. The summed E-state index contributed by atoms with van der Waals surface area (Å²) < 4.78 is 12.4. The van der Waals surface area contributed by atoms with Crippen LogP contribution in [0.1, 0.15) is 35.3 Å². The molecule has 1 amide bonds. The number of carbonyl (C=O) groups is 1. The molecule has 3 aromatic rings. The van der Waals surface area contributed by atoms with Gasteiger partial charge >= 0.3 is 0 Å². The number of benzene rings is 1. The van der Waals surface area contributed by atoms with Gasteiger partial charge in [-0.3, -0.25) is 14.2 Å². The molecule has 1 aliphatic rings. The molecule has 0 saturated heterocycles. The Morgan fingerprint density at radius 2 is 2.03 bits per heavy atom. The van der Waals surface area contributed by atoms with Gasteiger partial charge in [0.2, 0.25) is 5.91 Å². The molecule has 0 atom stereocenters. The van der Waals surface area contributed by atoms with Crippen molar-refractivity contribution in [2.45, 2.75) is 45.2 Å². The van der Waals surface area contributed by atoms with Gasteiger partial charge in [0.1, 0.15) is 4.83 Å². The van der Waals surface area contributed by atoms with E-state index in [1.54, 1.807) is 48.4 Å². The Labute approximate surface area is 185 Å². The van der Waals surface area contributed by atoms with Crippen LogP contribution in [0.25, 0.3) is 10.2 Å². The van der Waals surface area contributed by atoms with Crippen molar-refractivity contribution in [3.8, 4) is 11.5 Å². The molecule has 0 unspecified atom stereocenters. The van der Waals surface area contributed by atoms with Crippen LogP contribution in [0.15, 0.2) is 29.3 Å². The van der Waals surface area contributed by atoms with Crippen LogP contribution in [-0.2, 0) is 30.7 Å². The Morgan fingerprint density at radius 3 is 2.81 bits per heavy atom. The van der Waals surface area contributed by atoms with Crippen molar-refractivity contribution in [3.63, 3.8) is 0 Å². The van der Waals surface area contributed by atoms with Gasteiger partial charge in [0, 0.05) is 37.0 Å². The normalized spacial score (nSPS) is 13.1. The highest BCUT2D eigenvalue weighted by Gasteiger charge is 2.20. The molecule has 0 fully saturated rings. The van der Waals surface area contributed by atoms with E-state index in [9.17, 15) is 9.59 Å². The lowest BCUT2D eigenvalue weighted by molar-refractivity contribution is -0.130. The first-order valence-corrected chi connectivity index (χ1v) is 11.3. The summed E-state index contributed by atoms with van der Waals surface area (Å²) in [6, 6.07) is 5.60. The van der Waals surface area contributed by atoms with Gasteiger partial charge < -0.3 is 14.4 Å². The molecule has 0 radical (unpaired) electrons. The third-order valence-corrected chi connectivity index (χ3v) is 7.03. The summed E-state index contributed by atoms with van der Waals surface area (Å²) in [4.78, 5) is 34.1. The first-order chi connectivity index (χ1) is 15.0. The number of ether oxygens (including phenoxy) is 2. The molecule has 8 heteroatoms. The van der Waals surface area contributed by atoms with Crippen molar-refractivity contribution >= 4 is 27.5 Å². The van der Waals surface area contributed by atoms with E-state index in [1.165, 1.54) is 16.9 Å². The highest BCUT2D eigenvalue weighted by atomic mass is 32.1. The number of carbonyl (C=O) groups excluding carboxylic acids is 1. The average Bonchev–Trinajstić information content (AvgIpc) is 3.17. The molecule has 0 saturated carbocycles. The van der Waals surface area contributed by atoms with Crippen molar-refractivity contribution in [2.75, 3.05) is 21.3 Å². The summed E-state index contributed by atoms with van der Waals surface area (Å²) in [5, 5.41) is 0.754. The largest absolute Gasteiger partial charge is 0.493 e. The van der Waals surface area contributed by atoms with Crippen LogP contribution in [0.5, 0.6) is 11.5 Å². The number of hydrogen-bond donors (Lipinski definition) is 0. The smallest absolute Gasteiger partial charge is 0.262 e. The van der Waals surface area contributed by atoms with E-state index < -0.39 is 0 Å². The number of fused-ring (bicyclic) bond motifs is 3. The van der Waals surface area contributed by atoms with Gasteiger partial charge in [-0.05, 0) is 37.3 Å². The van der Waals surface area contributed by atoms with E-state index in [-0.39, 0.29) is 17.9 Å². The van der Waals surface area contributed by atoms with Gasteiger partial charge in [-0.25, -0.2) is 4.98 Å². The molecule has 0 N–H and O–H groups in total. The van der Waals surface area contributed by atoms with Crippen LogP contribution in [0.2, 0.25) is 0 Å². The summed E-state index contributed by atoms with van der Waals surface area (Å²) in [5.41, 5.74) is 2.00. The van der Waals surface area contributed by atoms with E-state index in [0.717, 1.165) is 35.0 Å². The predicted octanol–water partition coefficient (Wildman–Crippen LogP) is 3.40. The second kappa shape index (κ2) is 9.09. The zero-order valence-electron chi connectivity index (χ0n) is 18.1. The second-order valence-electron chi connectivity index (χ2n) is 7.79. The van der Waals surface area contributed by atoms with Crippen LogP contribution in [0.4, 0.5) is 0 Å². The highest BCUT2D eigenvalue weighted by Crippen LogP contribution is 2.33. The zero-order chi connectivity index (χ0) is 22.0. The lowest BCUT2D eigenvalue weighted by Crippen LogP contribution is -2.29. The summed E-state index contributed by atoms with van der Waals surface area (Å²) in [6.07, 6.45) is 6.07. The monoisotopic (exact) mass is 441 g/mol. The van der Waals surface area contributed by atoms with E-state index >= 15 is 0 Å². The third-order valence-electron chi connectivity index (χ3n) is 5.83. The quantitative estimate of drug-likeness (QED) is 0.562. The Balaban J connectivity index is 1.47. The molecule has 0 spiro atoms. The molecule has 1 aliphatic carbocycles. The molecular weight excluding hydrogens is 414 g/mol. The van der Waals surface area contributed by atoms with E-state index in [0.29, 0.717) is 24.6 Å². The number of thiophene rings is 1. The van der Waals surface area contributed by atoms with Gasteiger partial charge in [-0.15, -0.1) is 11.3 Å². The highest BCUT2D eigenvalue weighted by molar-refractivity contribution is 7.18. The second-order valence-corrected chi connectivity index (χ2v) is 8.87. The van der Waals surface area contributed by atoms with Crippen molar-refractivity contribution in [1.82, 2.24) is 14.5 Å². The fraction of sp³-hybridized carbons (Fsp3) is 0.435. The Kier molecular flexibility index (Phi) is 6.27. The first kappa shape index (κ1) is 21.4. The van der Waals surface area contributed by atoms with E-state index in [4.69, 9.17) is 9.47 Å². The molecule has 2 heterocycles. The maximum absolute atomic E-state index is 13.1. The Morgan fingerprint density at radius 1 is 1.23 bits per heavy atom. The number of aryl methyl sites for hydroxylation is 3. The maximum atomic E-state index is 13.1. The van der Waals surface area contributed by atoms with Crippen molar-refractivity contribution < 1.29 is 14.3 Å². The molecule has 1 aromatic carbocycles. The van der Waals surface area contributed by atoms with Crippen LogP contribution < -0.4 is 15.0 Å². The predicted molar refractivity (Wildman–Crippen MR) is 121 cm³/mol. The number of nitrogens with zero attached hydrogens (tertiary/aromatic N) is 3. The molecular formula is C23H27N3O4S. The van der Waals surface area contributed by atoms with E-state index in [1.807, 2.05) is 18.2 Å². The van der Waals surface area contributed by atoms with Gasteiger partial charge in [-0.2, -0.15) is 0 Å². The number of amides is 1. The van der Waals surface area contributed by atoms with Gasteiger partial charge in [0.15, 0.2) is 11.5 Å². The fourth-order valence-corrected chi connectivity index (χ4v) is 5.39. The van der Waals surface area contributed by atoms with Gasteiger partial charge in [0.25, 0.3) is 5.56 Å². The van der Waals surface area contributed by atoms with Crippen molar-refractivity contribution in [1.29, 1.82) is 0 Å². The van der Waals surface area contributed by atoms with Crippen molar-refractivity contribution in [3.05, 3.63) is 50.9 Å². The lowest BCUT2D eigenvalue weighted by atomic mass is 9.97.